The Kier molecular flexibility index (Phi) is 5.41. The fourth-order valence-corrected chi connectivity index (χ4v) is 6.13. The fourth-order valence-electron chi connectivity index (χ4n) is 4.54. The van der Waals surface area contributed by atoms with Gasteiger partial charge in [-0.05, 0) is 53.3 Å². The van der Waals surface area contributed by atoms with E-state index in [1.165, 1.54) is 11.1 Å². The molecular formula is C28H25NO2S. The lowest BCUT2D eigenvalue weighted by molar-refractivity contribution is 0.296. The van der Waals surface area contributed by atoms with Gasteiger partial charge < -0.3 is 0 Å². The first-order valence-corrected chi connectivity index (χ1v) is 12.3. The molecule has 160 valence electrons. The summed E-state index contributed by atoms with van der Waals surface area (Å²) in [4.78, 5) is 0.340. The van der Waals surface area contributed by atoms with Crippen molar-refractivity contribution in [2.24, 2.45) is 0 Å². The molecule has 0 radical (unpaired) electrons. The summed E-state index contributed by atoms with van der Waals surface area (Å²) in [6, 6.07) is 33.4. The van der Waals surface area contributed by atoms with Crippen LogP contribution in [-0.4, -0.2) is 12.7 Å². The first kappa shape index (κ1) is 20.7. The van der Waals surface area contributed by atoms with Gasteiger partial charge in [-0.25, -0.2) is 8.42 Å². The van der Waals surface area contributed by atoms with Crippen molar-refractivity contribution < 1.29 is 8.42 Å². The maximum absolute atomic E-state index is 13.8. The Morgan fingerprint density at radius 3 is 2.09 bits per heavy atom. The number of aryl methyl sites for hydroxylation is 1. The summed E-state index contributed by atoms with van der Waals surface area (Å²) < 4.78 is 29.2. The second-order valence-electron chi connectivity index (χ2n) is 8.30. The maximum atomic E-state index is 13.8. The third-order valence-corrected chi connectivity index (χ3v) is 8.11. The molecular weight excluding hydrogens is 414 g/mol. The summed E-state index contributed by atoms with van der Waals surface area (Å²) in [5.74, 6) is 0. The molecule has 1 heterocycles. The van der Waals surface area contributed by atoms with E-state index in [4.69, 9.17) is 0 Å². The van der Waals surface area contributed by atoms with E-state index in [0.29, 0.717) is 17.9 Å². The molecule has 0 saturated carbocycles. The Labute approximate surface area is 190 Å². The molecule has 3 nitrogen and oxygen atoms in total. The lowest BCUT2D eigenvalue weighted by atomic mass is 9.86. The number of hydrogen-bond donors (Lipinski definition) is 0. The Morgan fingerprint density at radius 2 is 1.41 bits per heavy atom. The molecule has 0 aromatic heterocycles. The molecule has 0 fully saturated rings. The molecule has 0 bridgehead atoms. The van der Waals surface area contributed by atoms with Crippen LogP contribution in [0.2, 0.25) is 0 Å². The van der Waals surface area contributed by atoms with Gasteiger partial charge in [-0.1, -0.05) is 96.6 Å². The molecule has 0 amide bonds. The van der Waals surface area contributed by atoms with Crippen molar-refractivity contribution in [3.63, 3.8) is 0 Å². The van der Waals surface area contributed by atoms with Gasteiger partial charge in [0.25, 0.3) is 0 Å². The van der Waals surface area contributed by atoms with E-state index < -0.39 is 10.0 Å². The number of sulfonamides is 1. The van der Waals surface area contributed by atoms with Crippen LogP contribution in [0.5, 0.6) is 0 Å². The highest BCUT2D eigenvalue weighted by Crippen LogP contribution is 2.40. The first-order chi connectivity index (χ1) is 15.5. The topological polar surface area (TPSA) is 37.4 Å². The molecule has 32 heavy (non-hydrogen) atoms. The summed E-state index contributed by atoms with van der Waals surface area (Å²) in [5, 5.41) is 0. The highest BCUT2D eigenvalue weighted by molar-refractivity contribution is 7.89. The molecule has 4 heteroatoms. The molecule has 0 spiro atoms. The molecule has 0 saturated heterocycles. The quantitative estimate of drug-likeness (QED) is 0.382. The van der Waals surface area contributed by atoms with Crippen LogP contribution in [0.3, 0.4) is 0 Å². The highest BCUT2D eigenvalue weighted by atomic mass is 32.2. The molecule has 1 atom stereocenters. The summed E-state index contributed by atoms with van der Waals surface area (Å²) >= 11 is 0. The molecule has 0 N–H and O–H groups in total. The van der Waals surface area contributed by atoms with Gasteiger partial charge in [-0.3, -0.25) is 0 Å². The average molecular weight is 440 g/mol. The Hall–Kier alpha value is -3.21. The van der Waals surface area contributed by atoms with Crippen molar-refractivity contribution in [1.29, 1.82) is 0 Å². The summed E-state index contributed by atoms with van der Waals surface area (Å²) in [6.07, 6.45) is 0.634. The van der Waals surface area contributed by atoms with Crippen molar-refractivity contribution in [2.75, 3.05) is 0 Å². The third-order valence-electron chi connectivity index (χ3n) is 6.24. The lowest BCUT2D eigenvalue weighted by Crippen LogP contribution is -2.39. The van der Waals surface area contributed by atoms with Gasteiger partial charge in [0.2, 0.25) is 10.0 Å². The largest absolute Gasteiger partial charge is 0.243 e. The second-order valence-corrected chi connectivity index (χ2v) is 10.2. The minimum absolute atomic E-state index is 0.264. The van der Waals surface area contributed by atoms with Crippen LogP contribution >= 0.6 is 0 Å². The van der Waals surface area contributed by atoms with Crippen LogP contribution in [0.25, 0.3) is 11.1 Å². The van der Waals surface area contributed by atoms with Crippen LogP contribution in [0, 0.1) is 6.92 Å². The van der Waals surface area contributed by atoms with E-state index in [1.54, 1.807) is 16.4 Å². The fraction of sp³-hybridized carbons (Fsp3) is 0.143. The monoisotopic (exact) mass is 439 g/mol. The van der Waals surface area contributed by atoms with Crippen molar-refractivity contribution in [3.8, 4) is 11.1 Å². The van der Waals surface area contributed by atoms with Gasteiger partial charge in [-0.2, -0.15) is 4.31 Å². The smallest absolute Gasteiger partial charge is 0.207 e. The van der Waals surface area contributed by atoms with Crippen molar-refractivity contribution in [2.45, 2.75) is 30.8 Å². The number of fused-ring (bicyclic) bond motifs is 1. The number of nitrogens with zero attached hydrogens (tertiary/aromatic N) is 1. The van der Waals surface area contributed by atoms with E-state index in [0.717, 1.165) is 22.3 Å². The molecule has 5 rings (SSSR count). The van der Waals surface area contributed by atoms with Crippen LogP contribution < -0.4 is 0 Å². The van der Waals surface area contributed by atoms with E-state index in [-0.39, 0.29) is 6.04 Å². The molecule has 4 aromatic carbocycles. The van der Waals surface area contributed by atoms with Crippen molar-refractivity contribution in [1.82, 2.24) is 4.31 Å². The number of benzene rings is 4. The van der Waals surface area contributed by atoms with Crippen LogP contribution in [0.1, 0.15) is 28.3 Å². The van der Waals surface area contributed by atoms with E-state index in [9.17, 15) is 8.42 Å². The molecule has 1 unspecified atom stereocenters. The zero-order chi connectivity index (χ0) is 22.1. The van der Waals surface area contributed by atoms with Gasteiger partial charge in [0.15, 0.2) is 0 Å². The minimum Gasteiger partial charge on any atom is -0.207 e. The van der Waals surface area contributed by atoms with Crippen molar-refractivity contribution in [3.05, 3.63) is 125 Å². The summed E-state index contributed by atoms with van der Waals surface area (Å²) in [5.41, 5.74) is 6.68. The van der Waals surface area contributed by atoms with E-state index in [2.05, 4.69) is 24.3 Å². The third kappa shape index (κ3) is 3.77. The lowest BCUT2D eigenvalue weighted by Gasteiger charge is -2.37. The first-order valence-electron chi connectivity index (χ1n) is 10.8. The zero-order valence-corrected chi connectivity index (χ0v) is 18.8. The van der Waals surface area contributed by atoms with Crippen LogP contribution in [-0.2, 0) is 23.0 Å². The maximum Gasteiger partial charge on any atom is 0.243 e. The Morgan fingerprint density at radius 1 is 0.750 bits per heavy atom. The number of hydrogen-bond acceptors (Lipinski definition) is 2. The van der Waals surface area contributed by atoms with Gasteiger partial charge in [0.05, 0.1) is 10.9 Å². The van der Waals surface area contributed by atoms with Gasteiger partial charge in [-0.15, -0.1) is 0 Å². The molecule has 4 aromatic rings. The standard InChI is InChI=1S/C28H25NO2S/c1-21-15-17-25(18-16-21)32(30,31)29-20-24-13-8-14-26(22-9-4-2-5-10-22)27(24)19-28(29)23-11-6-3-7-12-23/h2-18,28H,19-20H2,1H3. The molecule has 1 aliphatic heterocycles. The zero-order valence-electron chi connectivity index (χ0n) is 18.0. The van der Waals surface area contributed by atoms with Gasteiger partial charge in [0.1, 0.15) is 0 Å². The second kappa shape index (κ2) is 8.38. The minimum atomic E-state index is -3.66. The normalized spacial score (nSPS) is 16.5. The Bertz CT molecular complexity index is 1330. The van der Waals surface area contributed by atoms with Gasteiger partial charge in [0, 0.05) is 6.54 Å². The molecule has 1 aliphatic rings. The average Bonchev–Trinajstić information content (AvgIpc) is 2.84. The Balaban J connectivity index is 1.65. The highest BCUT2D eigenvalue weighted by Gasteiger charge is 2.37. The van der Waals surface area contributed by atoms with E-state index in [1.807, 2.05) is 73.7 Å². The van der Waals surface area contributed by atoms with Crippen molar-refractivity contribution >= 4 is 10.0 Å². The predicted octanol–water partition coefficient (Wildman–Crippen LogP) is 6.15. The number of rotatable bonds is 4. The molecule has 0 aliphatic carbocycles. The SMILES string of the molecule is Cc1ccc(S(=O)(=O)N2Cc3cccc(-c4ccccc4)c3CC2c2ccccc2)cc1. The summed E-state index contributed by atoms with van der Waals surface area (Å²) in [6.45, 7) is 2.32. The van der Waals surface area contributed by atoms with E-state index >= 15 is 0 Å². The van der Waals surface area contributed by atoms with Gasteiger partial charge >= 0.3 is 0 Å². The van der Waals surface area contributed by atoms with Crippen LogP contribution in [0.15, 0.2) is 108 Å². The van der Waals surface area contributed by atoms with Crippen LogP contribution in [0.4, 0.5) is 0 Å². The summed E-state index contributed by atoms with van der Waals surface area (Å²) in [7, 11) is -3.66. The predicted molar refractivity (Wildman–Crippen MR) is 129 cm³/mol.